The summed E-state index contributed by atoms with van der Waals surface area (Å²) in [7, 11) is 0. The van der Waals surface area contributed by atoms with Crippen molar-refractivity contribution in [3.63, 3.8) is 0 Å². The summed E-state index contributed by atoms with van der Waals surface area (Å²) in [6, 6.07) is 7.79. The zero-order valence-corrected chi connectivity index (χ0v) is 13.1. The van der Waals surface area contributed by atoms with Crippen molar-refractivity contribution in [2.24, 2.45) is 11.7 Å². The van der Waals surface area contributed by atoms with Crippen LogP contribution >= 0.6 is 12.4 Å². The van der Waals surface area contributed by atoms with Gasteiger partial charge in [-0.05, 0) is 29.9 Å². The van der Waals surface area contributed by atoms with Gasteiger partial charge in [0, 0.05) is 19.0 Å². The lowest BCUT2D eigenvalue weighted by atomic mass is 9.83. The van der Waals surface area contributed by atoms with E-state index < -0.39 is 0 Å². The predicted molar refractivity (Wildman–Crippen MR) is 86.0 cm³/mol. The topological polar surface area (TPSA) is 75.4 Å². The SMILES string of the molecule is Cl.NC1CCCCC1CC(=O)NCc1cccc(CO)c1. The van der Waals surface area contributed by atoms with Crippen LogP contribution in [-0.4, -0.2) is 17.1 Å². The van der Waals surface area contributed by atoms with Gasteiger partial charge >= 0.3 is 0 Å². The molecular weight excluding hydrogens is 288 g/mol. The van der Waals surface area contributed by atoms with Crippen LogP contribution in [0.4, 0.5) is 0 Å². The third-order valence-corrected chi connectivity index (χ3v) is 4.08. The van der Waals surface area contributed by atoms with Crippen molar-refractivity contribution in [2.75, 3.05) is 0 Å². The lowest BCUT2D eigenvalue weighted by Gasteiger charge is -2.27. The van der Waals surface area contributed by atoms with Crippen LogP contribution in [0.15, 0.2) is 24.3 Å². The predicted octanol–water partition coefficient (Wildman–Crippen LogP) is 2.12. The minimum Gasteiger partial charge on any atom is -0.392 e. The average molecular weight is 313 g/mol. The van der Waals surface area contributed by atoms with E-state index in [0.717, 1.165) is 24.0 Å². The van der Waals surface area contributed by atoms with Gasteiger partial charge in [-0.25, -0.2) is 0 Å². The first-order chi connectivity index (χ1) is 9.69. The first kappa shape index (κ1) is 18.0. The van der Waals surface area contributed by atoms with Crippen molar-refractivity contribution in [2.45, 2.75) is 51.3 Å². The highest BCUT2D eigenvalue weighted by Crippen LogP contribution is 2.25. The summed E-state index contributed by atoms with van der Waals surface area (Å²) in [5.41, 5.74) is 7.94. The van der Waals surface area contributed by atoms with Crippen molar-refractivity contribution in [3.05, 3.63) is 35.4 Å². The highest BCUT2D eigenvalue weighted by atomic mass is 35.5. The molecule has 1 aliphatic rings. The molecule has 4 N–H and O–H groups in total. The molecule has 0 spiro atoms. The summed E-state index contributed by atoms with van der Waals surface area (Å²) in [4.78, 5) is 12.0. The van der Waals surface area contributed by atoms with E-state index in [1.807, 2.05) is 24.3 Å². The minimum atomic E-state index is 0. The Bertz CT molecular complexity index is 454. The second-order valence-corrected chi connectivity index (χ2v) is 5.67. The van der Waals surface area contributed by atoms with Crippen LogP contribution in [0.5, 0.6) is 0 Å². The molecule has 21 heavy (non-hydrogen) atoms. The second kappa shape index (κ2) is 9.03. The number of rotatable bonds is 5. The molecule has 0 aromatic heterocycles. The number of benzene rings is 1. The molecule has 1 fully saturated rings. The summed E-state index contributed by atoms with van der Waals surface area (Å²) < 4.78 is 0. The van der Waals surface area contributed by atoms with Gasteiger partial charge in [-0.15, -0.1) is 12.4 Å². The molecule has 1 amide bonds. The zero-order chi connectivity index (χ0) is 14.4. The van der Waals surface area contributed by atoms with Gasteiger partial charge < -0.3 is 16.2 Å². The van der Waals surface area contributed by atoms with Crippen LogP contribution in [0, 0.1) is 5.92 Å². The number of nitrogens with one attached hydrogen (secondary N) is 1. The standard InChI is InChI=1S/C16H24N2O2.ClH/c17-15-7-2-1-6-14(15)9-16(20)18-10-12-4-3-5-13(8-12)11-19;/h3-5,8,14-15,19H,1-2,6-7,9-11,17H2,(H,18,20);1H. The maximum atomic E-state index is 12.0. The maximum Gasteiger partial charge on any atom is 0.220 e. The molecule has 1 aromatic rings. The number of hydrogen-bond donors (Lipinski definition) is 3. The van der Waals surface area contributed by atoms with Gasteiger partial charge in [-0.2, -0.15) is 0 Å². The monoisotopic (exact) mass is 312 g/mol. The smallest absolute Gasteiger partial charge is 0.220 e. The number of hydrogen-bond acceptors (Lipinski definition) is 3. The Morgan fingerprint density at radius 2 is 2.00 bits per heavy atom. The normalized spacial score (nSPS) is 21.4. The molecule has 0 radical (unpaired) electrons. The van der Waals surface area contributed by atoms with Gasteiger partial charge in [0.2, 0.25) is 5.91 Å². The number of amides is 1. The molecule has 2 unspecified atom stereocenters. The van der Waals surface area contributed by atoms with Crippen molar-refractivity contribution in [1.82, 2.24) is 5.32 Å². The van der Waals surface area contributed by atoms with Crippen LogP contribution < -0.4 is 11.1 Å². The molecule has 0 heterocycles. The Balaban J connectivity index is 0.00000220. The third kappa shape index (κ3) is 5.65. The molecular formula is C16H25ClN2O2. The summed E-state index contributed by atoms with van der Waals surface area (Å²) in [6.07, 6.45) is 5.00. The van der Waals surface area contributed by atoms with E-state index in [0.29, 0.717) is 18.9 Å². The fraction of sp³-hybridized carbons (Fsp3) is 0.562. The van der Waals surface area contributed by atoms with E-state index in [4.69, 9.17) is 10.8 Å². The molecule has 0 bridgehead atoms. The largest absolute Gasteiger partial charge is 0.392 e. The number of carbonyl (C=O) groups excluding carboxylic acids is 1. The van der Waals surface area contributed by atoms with E-state index in [-0.39, 0.29) is 31.0 Å². The molecule has 1 saturated carbocycles. The Hall–Kier alpha value is -1.10. The van der Waals surface area contributed by atoms with Gasteiger partial charge in [-0.1, -0.05) is 37.1 Å². The molecule has 2 rings (SSSR count). The van der Waals surface area contributed by atoms with Crippen LogP contribution in [0.3, 0.4) is 0 Å². The van der Waals surface area contributed by atoms with E-state index in [2.05, 4.69) is 5.32 Å². The lowest BCUT2D eigenvalue weighted by Crippen LogP contribution is -2.37. The number of halogens is 1. The van der Waals surface area contributed by atoms with Gasteiger partial charge in [0.1, 0.15) is 0 Å². The van der Waals surface area contributed by atoms with Gasteiger partial charge in [0.05, 0.1) is 6.61 Å². The van der Waals surface area contributed by atoms with E-state index in [1.54, 1.807) is 0 Å². The van der Waals surface area contributed by atoms with Crippen molar-refractivity contribution >= 4 is 18.3 Å². The highest BCUT2D eigenvalue weighted by molar-refractivity contribution is 5.85. The molecule has 1 aliphatic carbocycles. The Morgan fingerprint density at radius 3 is 2.71 bits per heavy atom. The Labute approximate surface area is 132 Å². The second-order valence-electron chi connectivity index (χ2n) is 5.67. The molecule has 5 heteroatoms. The molecule has 4 nitrogen and oxygen atoms in total. The molecule has 0 saturated heterocycles. The number of carbonyl (C=O) groups is 1. The van der Waals surface area contributed by atoms with Crippen LogP contribution in [0.1, 0.15) is 43.2 Å². The number of aliphatic hydroxyl groups excluding tert-OH is 1. The van der Waals surface area contributed by atoms with Crippen LogP contribution in [0.2, 0.25) is 0 Å². The summed E-state index contributed by atoms with van der Waals surface area (Å²) in [5.74, 6) is 0.397. The fourth-order valence-electron chi connectivity index (χ4n) is 2.84. The van der Waals surface area contributed by atoms with Gasteiger partial charge in [-0.3, -0.25) is 4.79 Å². The maximum absolute atomic E-state index is 12.0. The zero-order valence-electron chi connectivity index (χ0n) is 12.3. The van der Waals surface area contributed by atoms with Crippen molar-refractivity contribution in [3.8, 4) is 0 Å². The molecule has 2 atom stereocenters. The highest BCUT2D eigenvalue weighted by Gasteiger charge is 2.23. The number of nitrogens with two attached hydrogens (primary N) is 1. The van der Waals surface area contributed by atoms with Gasteiger partial charge in [0.15, 0.2) is 0 Å². The van der Waals surface area contributed by atoms with Crippen LogP contribution in [0.25, 0.3) is 0 Å². The summed E-state index contributed by atoms with van der Waals surface area (Å²) in [5, 5.41) is 12.0. The summed E-state index contributed by atoms with van der Waals surface area (Å²) in [6.45, 7) is 0.535. The Morgan fingerprint density at radius 1 is 1.29 bits per heavy atom. The molecule has 1 aromatic carbocycles. The molecule has 118 valence electrons. The quantitative estimate of drug-likeness (QED) is 0.779. The summed E-state index contributed by atoms with van der Waals surface area (Å²) >= 11 is 0. The van der Waals surface area contributed by atoms with E-state index in [1.165, 1.54) is 12.8 Å². The Kier molecular flexibility index (Phi) is 7.72. The van der Waals surface area contributed by atoms with Crippen LogP contribution in [-0.2, 0) is 17.9 Å². The van der Waals surface area contributed by atoms with E-state index >= 15 is 0 Å². The first-order valence-electron chi connectivity index (χ1n) is 7.40. The van der Waals surface area contributed by atoms with E-state index in [9.17, 15) is 4.79 Å². The average Bonchev–Trinajstić information content (AvgIpc) is 2.48. The van der Waals surface area contributed by atoms with Crippen molar-refractivity contribution < 1.29 is 9.90 Å². The third-order valence-electron chi connectivity index (χ3n) is 4.08. The minimum absolute atomic E-state index is 0. The van der Waals surface area contributed by atoms with Crippen molar-refractivity contribution in [1.29, 1.82) is 0 Å². The fourth-order valence-corrected chi connectivity index (χ4v) is 2.84. The number of aliphatic hydroxyl groups is 1. The first-order valence-corrected chi connectivity index (χ1v) is 7.40. The van der Waals surface area contributed by atoms with Gasteiger partial charge in [0.25, 0.3) is 0 Å². The lowest BCUT2D eigenvalue weighted by molar-refractivity contribution is -0.122. The molecule has 0 aliphatic heterocycles.